The Balaban J connectivity index is 1.67. The van der Waals surface area contributed by atoms with Gasteiger partial charge in [0, 0.05) is 18.2 Å². The first-order valence-electron chi connectivity index (χ1n) is 11.5. The number of sulfonamides is 1. The summed E-state index contributed by atoms with van der Waals surface area (Å²) >= 11 is 4.01. The molecular weight excluding hydrogens is 462 g/mol. The van der Waals surface area contributed by atoms with Gasteiger partial charge in [0.15, 0.2) is 0 Å². The Labute approximate surface area is 201 Å². The number of allylic oxidation sites excluding steroid dienone is 1. The van der Waals surface area contributed by atoms with Crippen molar-refractivity contribution in [2.24, 2.45) is 0 Å². The van der Waals surface area contributed by atoms with Gasteiger partial charge in [-0.05, 0) is 75.5 Å². The van der Waals surface area contributed by atoms with E-state index in [1.807, 2.05) is 6.08 Å². The molecular formula is C23H33N3O5S2. The van der Waals surface area contributed by atoms with E-state index < -0.39 is 16.1 Å². The SMILES string of the molecule is COc1ccc(CCNC(=O)C2=CCCCC2)cc1S(=O)(=O)N(S)C(=O)NC1CCCCC1. The second-order valence-electron chi connectivity index (χ2n) is 8.50. The standard InChI is InChI=1S/C23H33N3O5S2/c1-31-20-13-12-17(14-15-24-22(27)18-8-4-2-5-9-18)16-21(20)33(29,30)26(32)23(28)25-19-10-6-3-7-11-19/h8,12-13,16,19,32H,2-7,9-11,14-15H2,1H3,(H,24,27)(H,25,28). The van der Waals surface area contributed by atoms with Gasteiger partial charge in [0.1, 0.15) is 10.6 Å². The number of nitrogens with one attached hydrogen (secondary N) is 2. The number of ether oxygens (including phenoxy) is 1. The van der Waals surface area contributed by atoms with E-state index in [4.69, 9.17) is 4.74 Å². The average molecular weight is 496 g/mol. The number of hydrogen-bond acceptors (Lipinski definition) is 6. The summed E-state index contributed by atoms with van der Waals surface area (Å²) in [5, 5.41) is 5.66. The minimum absolute atomic E-state index is 0.0489. The predicted molar refractivity (Wildman–Crippen MR) is 130 cm³/mol. The highest BCUT2D eigenvalue weighted by atomic mass is 32.3. The first-order valence-corrected chi connectivity index (χ1v) is 13.4. The lowest BCUT2D eigenvalue weighted by Gasteiger charge is -2.25. The zero-order chi connectivity index (χ0) is 23.8. The molecule has 1 fully saturated rings. The molecule has 0 atom stereocenters. The molecule has 33 heavy (non-hydrogen) atoms. The average Bonchev–Trinajstić information content (AvgIpc) is 2.84. The smallest absolute Gasteiger partial charge is 0.341 e. The molecule has 0 heterocycles. The van der Waals surface area contributed by atoms with Crippen LogP contribution in [0.3, 0.4) is 0 Å². The first-order chi connectivity index (χ1) is 15.8. The molecule has 8 nitrogen and oxygen atoms in total. The molecule has 0 bridgehead atoms. The van der Waals surface area contributed by atoms with E-state index in [1.54, 1.807) is 12.1 Å². The molecule has 0 aromatic heterocycles. The summed E-state index contributed by atoms with van der Waals surface area (Å²) in [5.41, 5.74) is 1.51. The molecule has 0 aliphatic heterocycles. The summed E-state index contributed by atoms with van der Waals surface area (Å²) in [4.78, 5) is 24.7. The lowest BCUT2D eigenvalue weighted by atomic mass is 9.96. The molecule has 182 valence electrons. The third-order valence-corrected chi connectivity index (χ3v) is 8.44. The van der Waals surface area contributed by atoms with Gasteiger partial charge in [0.2, 0.25) is 5.91 Å². The molecule has 0 radical (unpaired) electrons. The van der Waals surface area contributed by atoms with Gasteiger partial charge in [0.25, 0.3) is 10.0 Å². The molecule has 1 aromatic carbocycles. The van der Waals surface area contributed by atoms with E-state index in [-0.39, 0.29) is 22.6 Å². The van der Waals surface area contributed by atoms with E-state index >= 15 is 0 Å². The Bertz CT molecular complexity index is 988. The maximum absolute atomic E-state index is 13.2. The fraction of sp³-hybridized carbons (Fsp3) is 0.565. The van der Waals surface area contributed by atoms with Crippen molar-refractivity contribution in [1.82, 2.24) is 14.3 Å². The maximum atomic E-state index is 13.2. The number of thiol groups is 1. The maximum Gasteiger partial charge on any atom is 0.341 e. The molecule has 2 N–H and O–H groups in total. The van der Waals surface area contributed by atoms with Crippen LogP contribution in [0.2, 0.25) is 0 Å². The van der Waals surface area contributed by atoms with Gasteiger partial charge >= 0.3 is 6.03 Å². The molecule has 10 heteroatoms. The number of nitrogens with zero attached hydrogens (tertiary/aromatic N) is 1. The number of amides is 3. The van der Waals surface area contributed by atoms with Crippen LogP contribution in [0, 0.1) is 0 Å². The van der Waals surface area contributed by atoms with Crippen molar-refractivity contribution in [3.05, 3.63) is 35.4 Å². The van der Waals surface area contributed by atoms with Gasteiger partial charge in [-0.15, -0.1) is 0 Å². The highest BCUT2D eigenvalue weighted by Crippen LogP contribution is 2.29. The lowest BCUT2D eigenvalue weighted by molar-refractivity contribution is -0.117. The van der Waals surface area contributed by atoms with Gasteiger partial charge in [-0.1, -0.05) is 31.4 Å². The van der Waals surface area contributed by atoms with Gasteiger partial charge < -0.3 is 15.4 Å². The van der Waals surface area contributed by atoms with Crippen LogP contribution in [0.4, 0.5) is 4.79 Å². The van der Waals surface area contributed by atoms with Crippen LogP contribution in [0.25, 0.3) is 0 Å². The highest BCUT2D eigenvalue weighted by molar-refractivity contribution is 8.00. The van der Waals surface area contributed by atoms with Gasteiger partial charge in [-0.3, -0.25) is 4.79 Å². The van der Waals surface area contributed by atoms with Crippen molar-refractivity contribution in [1.29, 1.82) is 0 Å². The lowest BCUT2D eigenvalue weighted by Crippen LogP contribution is -2.44. The Morgan fingerprint density at radius 3 is 2.58 bits per heavy atom. The second kappa shape index (κ2) is 11.8. The fourth-order valence-electron chi connectivity index (χ4n) is 4.24. The van der Waals surface area contributed by atoms with Crippen LogP contribution in [-0.2, 0) is 21.2 Å². The largest absolute Gasteiger partial charge is 0.495 e. The molecule has 0 spiro atoms. The minimum Gasteiger partial charge on any atom is -0.495 e. The number of benzene rings is 1. The Morgan fingerprint density at radius 2 is 1.91 bits per heavy atom. The molecule has 0 saturated heterocycles. The van der Waals surface area contributed by atoms with Crippen LogP contribution in [0.15, 0.2) is 34.7 Å². The van der Waals surface area contributed by atoms with Crippen molar-refractivity contribution >= 4 is 34.8 Å². The first kappa shape index (κ1) is 25.4. The summed E-state index contributed by atoms with van der Waals surface area (Å²) in [6, 6.07) is 3.94. The monoisotopic (exact) mass is 495 g/mol. The van der Waals surface area contributed by atoms with Crippen LogP contribution < -0.4 is 15.4 Å². The van der Waals surface area contributed by atoms with Gasteiger partial charge in [0.05, 0.1) is 7.11 Å². The Hall–Kier alpha value is -2.20. The number of rotatable bonds is 8. The van der Waals surface area contributed by atoms with E-state index in [0.717, 1.165) is 63.4 Å². The third-order valence-electron chi connectivity index (χ3n) is 6.12. The zero-order valence-electron chi connectivity index (χ0n) is 19.0. The molecule has 2 aliphatic rings. The van der Waals surface area contributed by atoms with Crippen molar-refractivity contribution in [2.45, 2.75) is 75.1 Å². The normalized spacial score (nSPS) is 17.1. The summed E-state index contributed by atoms with van der Waals surface area (Å²) in [6.07, 6.45) is 11.1. The fourth-order valence-corrected chi connectivity index (χ4v) is 5.72. The molecule has 0 unspecified atom stereocenters. The summed E-state index contributed by atoms with van der Waals surface area (Å²) in [6.45, 7) is 0.370. The molecule has 3 rings (SSSR count). The molecule has 1 aromatic rings. The molecule has 2 aliphatic carbocycles. The Morgan fingerprint density at radius 1 is 1.15 bits per heavy atom. The van der Waals surface area contributed by atoms with Crippen molar-refractivity contribution < 1.29 is 22.7 Å². The van der Waals surface area contributed by atoms with Crippen LogP contribution in [0.1, 0.15) is 63.4 Å². The van der Waals surface area contributed by atoms with E-state index in [9.17, 15) is 18.0 Å². The number of methoxy groups -OCH3 is 1. The van der Waals surface area contributed by atoms with E-state index in [1.165, 1.54) is 13.2 Å². The van der Waals surface area contributed by atoms with E-state index in [0.29, 0.717) is 22.2 Å². The topological polar surface area (TPSA) is 105 Å². The number of carbonyl (C=O) groups excluding carboxylic acids is 2. The number of urea groups is 1. The van der Waals surface area contributed by atoms with Crippen LogP contribution in [-0.4, -0.2) is 43.8 Å². The highest BCUT2D eigenvalue weighted by Gasteiger charge is 2.31. The second-order valence-corrected chi connectivity index (χ2v) is 10.9. The molecule has 3 amide bonds. The van der Waals surface area contributed by atoms with E-state index in [2.05, 4.69) is 23.4 Å². The van der Waals surface area contributed by atoms with Crippen LogP contribution >= 0.6 is 12.8 Å². The summed E-state index contributed by atoms with van der Waals surface area (Å²) in [5.74, 6) is 0.0524. The number of hydrogen-bond donors (Lipinski definition) is 3. The van der Waals surface area contributed by atoms with Gasteiger partial charge in [-0.25, -0.2) is 4.79 Å². The zero-order valence-corrected chi connectivity index (χ0v) is 20.7. The van der Waals surface area contributed by atoms with Crippen molar-refractivity contribution in [3.63, 3.8) is 0 Å². The summed E-state index contributed by atoms with van der Waals surface area (Å²) < 4.78 is 32.0. The Kier molecular flexibility index (Phi) is 9.08. The number of carbonyl (C=O) groups is 2. The van der Waals surface area contributed by atoms with Crippen molar-refractivity contribution in [2.75, 3.05) is 13.7 Å². The predicted octanol–water partition coefficient (Wildman–Crippen LogP) is 3.73. The summed E-state index contributed by atoms with van der Waals surface area (Å²) in [7, 11) is -2.88. The third kappa shape index (κ3) is 6.66. The van der Waals surface area contributed by atoms with Crippen molar-refractivity contribution in [3.8, 4) is 5.75 Å². The minimum atomic E-state index is -4.25. The van der Waals surface area contributed by atoms with Gasteiger partial charge in [-0.2, -0.15) is 12.1 Å². The quantitative estimate of drug-likeness (QED) is 0.477. The van der Waals surface area contributed by atoms with Crippen LogP contribution in [0.5, 0.6) is 5.75 Å². The molecule has 1 saturated carbocycles.